The van der Waals surface area contributed by atoms with Crippen LogP contribution in [0.1, 0.15) is 10.4 Å². The van der Waals surface area contributed by atoms with Gasteiger partial charge >= 0.3 is 6.36 Å². The van der Waals surface area contributed by atoms with Crippen molar-refractivity contribution in [3.05, 3.63) is 28.2 Å². The van der Waals surface area contributed by atoms with Crippen LogP contribution in [0.2, 0.25) is 0 Å². The minimum atomic E-state index is -4.81. The molecule has 1 rings (SSSR count). The molecule has 0 saturated carbocycles. The zero-order valence-electron chi connectivity index (χ0n) is 7.14. The van der Waals surface area contributed by atoms with Gasteiger partial charge in [0, 0.05) is 5.56 Å². The molecule has 7 heteroatoms. The predicted octanol–water partition coefficient (Wildman–Crippen LogP) is 2.45. The van der Waals surface area contributed by atoms with Crippen molar-refractivity contribution in [1.29, 1.82) is 0 Å². The van der Waals surface area contributed by atoms with Crippen molar-refractivity contribution >= 4 is 21.8 Å². The third-order valence-electron chi connectivity index (χ3n) is 1.44. The molecule has 0 spiro atoms. The first-order chi connectivity index (χ1) is 6.79. The molecule has 0 heterocycles. The van der Waals surface area contributed by atoms with E-state index in [-0.39, 0.29) is 10.0 Å². The minimum absolute atomic E-state index is 0.0579. The second kappa shape index (κ2) is 4.09. The van der Waals surface area contributed by atoms with Crippen LogP contribution < -0.4 is 10.5 Å². The van der Waals surface area contributed by atoms with E-state index in [0.717, 1.165) is 6.07 Å². The summed E-state index contributed by atoms with van der Waals surface area (Å²) in [5, 5.41) is 0. The standard InChI is InChI=1S/C8H5BrF3NO2/c9-5-2-1-4(7(13)14)3-6(5)15-8(10,11)12/h1-3H,(H2,13,14). The maximum absolute atomic E-state index is 11.9. The number of carbonyl (C=O) groups is 1. The van der Waals surface area contributed by atoms with Crippen LogP contribution in [0, 0.1) is 0 Å². The smallest absolute Gasteiger partial charge is 0.405 e. The van der Waals surface area contributed by atoms with Gasteiger partial charge in [0.1, 0.15) is 5.75 Å². The molecule has 0 atom stereocenters. The molecule has 1 aromatic rings. The van der Waals surface area contributed by atoms with Crippen LogP contribution in [0.15, 0.2) is 22.7 Å². The Morgan fingerprint density at radius 2 is 2.00 bits per heavy atom. The molecule has 0 radical (unpaired) electrons. The van der Waals surface area contributed by atoms with Crippen LogP contribution in [0.5, 0.6) is 5.75 Å². The van der Waals surface area contributed by atoms with Gasteiger partial charge in [0.25, 0.3) is 0 Å². The number of hydrogen-bond acceptors (Lipinski definition) is 2. The Morgan fingerprint density at radius 1 is 1.40 bits per heavy atom. The zero-order valence-corrected chi connectivity index (χ0v) is 8.72. The molecule has 15 heavy (non-hydrogen) atoms. The number of amides is 1. The maximum atomic E-state index is 11.9. The maximum Gasteiger partial charge on any atom is 0.573 e. The highest BCUT2D eigenvalue weighted by molar-refractivity contribution is 9.10. The van der Waals surface area contributed by atoms with Gasteiger partial charge in [-0.25, -0.2) is 0 Å². The fraction of sp³-hybridized carbons (Fsp3) is 0.125. The van der Waals surface area contributed by atoms with Gasteiger partial charge < -0.3 is 10.5 Å². The first-order valence-electron chi connectivity index (χ1n) is 3.65. The van der Waals surface area contributed by atoms with Gasteiger partial charge in [-0.05, 0) is 34.1 Å². The highest BCUT2D eigenvalue weighted by atomic mass is 79.9. The molecule has 0 aliphatic rings. The van der Waals surface area contributed by atoms with Gasteiger partial charge in [0.15, 0.2) is 0 Å². The second-order valence-electron chi connectivity index (χ2n) is 2.56. The van der Waals surface area contributed by atoms with E-state index >= 15 is 0 Å². The van der Waals surface area contributed by atoms with Gasteiger partial charge in [0.05, 0.1) is 4.47 Å². The quantitative estimate of drug-likeness (QED) is 0.906. The molecule has 2 N–H and O–H groups in total. The van der Waals surface area contributed by atoms with Crippen LogP contribution in [0.3, 0.4) is 0 Å². The first kappa shape index (κ1) is 11.8. The number of alkyl halides is 3. The molecule has 0 fully saturated rings. The number of rotatable bonds is 2. The number of halogens is 4. The minimum Gasteiger partial charge on any atom is -0.405 e. The average molecular weight is 284 g/mol. The Bertz CT molecular complexity index is 392. The molecule has 0 bridgehead atoms. The topological polar surface area (TPSA) is 52.3 Å². The lowest BCUT2D eigenvalue weighted by molar-refractivity contribution is -0.274. The van der Waals surface area contributed by atoms with Crippen LogP contribution >= 0.6 is 15.9 Å². The van der Waals surface area contributed by atoms with Crippen LogP contribution in [0.4, 0.5) is 13.2 Å². The summed E-state index contributed by atoms with van der Waals surface area (Å²) in [6, 6.07) is 3.46. The van der Waals surface area contributed by atoms with Crippen molar-refractivity contribution in [2.45, 2.75) is 6.36 Å². The van der Waals surface area contributed by atoms with E-state index in [4.69, 9.17) is 5.73 Å². The van der Waals surface area contributed by atoms with Crippen LogP contribution in [-0.2, 0) is 0 Å². The summed E-state index contributed by atoms with van der Waals surface area (Å²) in [6.07, 6.45) is -4.81. The third-order valence-corrected chi connectivity index (χ3v) is 2.10. The van der Waals surface area contributed by atoms with Gasteiger partial charge in [0.2, 0.25) is 5.91 Å². The number of primary amides is 1. The van der Waals surface area contributed by atoms with E-state index < -0.39 is 18.0 Å². The Balaban J connectivity index is 3.06. The Kier molecular flexibility index (Phi) is 3.23. The monoisotopic (exact) mass is 283 g/mol. The number of carbonyl (C=O) groups excluding carboxylic acids is 1. The average Bonchev–Trinajstić information content (AvgIpc) is 2.06. The van der Waals surface area contributed by atoms with E-state index in [1.165, 1.54) is 12.1 Å². The predicted molar refractivity (Wildman–Crippen MR) is 49.3 cm³/mol. The Labute approximate surface area is 91.1 Å². The van der Waals surface area contributed by atoms with Crippen molar-refractivity contribution < 1.29 is 22.7 Å². The van der Waals surface area contributed by atoms with Gasteiger partial charge in [-0.3, -0.25) is 4.79 Å². The summed E-state index contributed by atoms with van der Waals surface area (Å²) in [6.45, 7) is 0. The first-order valence-corrected chi connectivity index (χ1v) is 4.44. The van der Waals surface area contributed by atoms with Crippen molar-refractivity contribution in [2.75, 3.05) is 0 Å². The summed E-state index contributed by atoms with van der Waals surface area (Å²) < 4.78 is 39.4. The molecule has 0 aromatic heterocycles. The lowest BCUT2D eigenvalue weighted by atomic mass is 10.2. The van der Waals surface area contributed by atoms with Crippen molar-refractivity contribution in [3.8, 4) is 5.75 Å². The summed E-state index contributed by atoms with van der Waals surface area (Å²) in [5.74, 6) is -1.33. The third kappa shape index (κ3) is 3.43. The number of nitrogens with two attached hydrogens (primary N) is 1. The molecule has 0 aliphatic heterocycles. The van der Waals surface area contributed by atoms with E-state index in [0.29, 0.717) is 0 Å². The second-order valence-corrected chi connectivity index (χ2v) is 3.41. The molecule has 0 saturated heterocycles. The molecule has 1 aromatic carbocycles. The SMILES string of the molecule is NC(=O)c1ccc(Br)c(OC(F)(F)F)c1. The molecule has 0 aliphatic carbocycles. The summed E-state index contributed by atoms with van der Waals surface area (Å²) >= 11 is 2.86. The highest BCUT2D eigenvalue weighted by Gasteiger charge is 2.32. The largest absolute Gasteiger partial charge is 0.573 e. The van der Waals surface area contributed by atoms with Gasteiger partial charge in [-0.15, -0.1) is 13.2 Å². The van der Waals surface area contributed by atoms with E-state index in [9.17, 15) is 18.0 Å². The highest BCUT2D eigenvalue weighted by Crippen LogP contribution is 2.30. The number of ether oxygens (including phenoxy) is 1. The van der Waals surface area contributed by atoms with Crippen LogP contribution in [0.25, 0.3) is 0 Å². The van der Waals surface area contributed by atoms with Crippen molar-refractivity contribution in [1.82, 2.24) is 0 Å². The summed E-state index contributed by atoms with van der Waals surface area (Å²) in [7, 11) is 0. The number of benzene rings is 1. The molecular weight excluding hydrogens is 279 g/mol. The Hall–Kier alpha value is -1.24. The normalized spacial score (nSPS) is 11.2. The Morgan fingerprint density at radius 3 is 2.47 bits per heavy atom. The van der Waals surface area contributed by atoms with Crippen molar-refractivity contribution in [2.24, 2.45) is 5.73 Å². The summed E-state index contributed by atoms with van der Waals surface area (Å²) in [4.78, 5) is 10.7. The van der Waals surface area contributed by atoms with E-state index in [2.05, 4.69) is 20.7 Å². The van der Waals surface area contributed by atoms with Crippen molar-refractivity contribution in [3.63, 3.8) is 0 Å². The van der Waals surface area contributed by atoms with E-state index in [1.54, 1.807) is 0 Å². The number of hydrogen-bond donors (Lipinski definition) is 1. The zero-order chi connectivity index (χ0) is 11.6. The molecule has 0 unspecified atom stereocenters. The lowest BCUT2D eigenvalue weighted by Gasteiger charge is -2.10. The fourth-order valence-corrected chi connectivity index (χ4v) is 1.19. The molecule has 3 nitrogen and oxygen atoms in total. The van der Waals surface area contributed by atoms with Gasteiger partial charge in [-0.2, -0.15) is 0 Å². The van der Waals surface area contributed by atoms with E-state index in [1.807, 2.05) is 0 Å². The molecule has 82 valence electrons. The van der Waals surface area contributed by atoms with Gasteiger partial charge in [-0.1, -0.05) is 0 Å². The fourth-order valence-electron chi connectivity index (χ4n) is 0.860. The molecular formula is C8H5BrF3NO2. The lowest BCUT2D eigenvalue weighted by Crippen LogP contribution is -2.18. The summed E-state index contributed by atoms with van der Waals surface area (Å²) in [5.41, 5.74) is 4.85. The molecule has 1 amide bonds. The van der Waals surface area contributed by atoms with Crippen LogP contribution in [-0.4, -0.2) is 12.3 Å².